The average molecular weight is 247 g/mol. The minimum absolute atomic E-state index is 0.840. The first-order valence-corrected chi connectivity index (χ1v) is 7.31. The quantitative estimate of drug-likeness (QED) is 0.671. The molecule has 0 unspecified atom stereocenters. The first-order valence-electron chi connectivity index (χ1n) is 7.31. The highest BCUT2D eigenvalue weighted by Crippen LogP contribution is 2.27. The van der Waals surface area contributed by atoms with Crippen molar-refractivity contribution in [3.8, 4) is 5.75 Å². The van der Waals surface area contributed by atoms with Crippen LogP contribution in [-0.4, -0.2) is 13.2 Å². The Morgan fingerprint density at radius 2 is 1.94 bits per heavy atom. The fourth-order valence-electron chi connectivity index (χ4n) is 1.99. The minimum atomic E-state index is 0.840. The third-order valence-corrected chi connectivity index (χ3v) is 3.40. The molecule has 0 spiro atoms. The molecule has 2 rings (SSSR count). The number of benzene rings is 1. The standard InChI is InChI=1S/C16H25NO/c1-2-3-4-11-18-16-9-7-15(8-10-16)13-17-12-14-5-6-14/h7-10,14,17H,2-6,11-13H2,1H3. The van der Waals surface area contributed by atoms with Crippen molar-refractivity contribution in [2.75, 3.05) is 13.2 Å². The van der Waals surface area contributed by atoms with Crippen molar-refractivity contribution in [3.05, 3.63) is 29.8 Å². The SMILES string of the molecule is CCCCCOc1ccc(CNCC2CC2)cc1. The number of hydrogen-bond acceptors (Lipinski definition) is 2. The highest BCUT2D eigenvalue weighted by molar-refractivity contribution is 5.27. The fraction of sp³-hybridized carbons (Fsp3) is 0.625. The molecule has 0 aromatic heterocycles. The van der Waals surface area contributed by atoms with Gasteiger partial charge in [-0.05, 0) is 49.4 Å². The molecule has 1 aromatic rings. The third-order valence-electron chi connectivity index (χ3n) is 3.40. The largest absolute Gasteiger partial charge is 0.494 e. The average Bonchev–Trinajstić information content (AvgIpc) is 3.21. The summed E-state index contributed by atoms with van der Waals surface area (Å²) in [5.41, 5.74) is 1.34. The molecule has 1 aliphatic rings. The Morgan fingerprint density at radius 1 is 1.17 bits per heavy atom. The van der Waals surface area contributed by atoms with E-state index in [2.05, 4.69) is 36.5 Å². The first kappa shape index (κ1) is 13.4. The van der Waals surface area contributed by atoms with Gasteiger partial charge in [-0.15, -0.1) is 0 Å². The molecule has 0 aliphatic heterocycles. The number of hydrogen-bond donors (Lipinski definition) is 1. The Labute approximate surface area is 111 Å². The van der Waals surface area contributed by atoms with E-state index in [1.54, 1.807) is 0 Å². The summed E-state index contributed by atoms with van der Waals surface area (Å²) in [6.45, 7) is 5.21. The van der Waals surface area contributed by atoms with Gasteiger partial charge in [-0.25, -0.2) is 0 Å². The van der Waals surface area contributed by atoms with E-state index in [1.165, 1.54) is 37.8 Å². The molecule has 1 saturated carbocycles. The van der Waals surface area contributed by atoms with Gasteiger partial charge in [-0.2, -0.15) is 0 Å². The van der Waals surface area contributed by atoms with E-state index >= 15 is 0 Å². The second-order valence-corrected chi connectivity index (χ2v) is 5.27. The van der Waals surface area contributed by atoms with E-state index < -0.39 is 0 Å². The Balaban J connectivity index is 1.64. The second-order valence-electron chi connectivity index (χ2n) is 5.27. The van der Waals surface area contributed by atoms with Gasteiger partial charge < -0.3 is 10.1 Å². The normalized spacial score (nSPS) is 14.7. The molecule has 0 amide bonds. The van der Waals surface area contributed by atoms with Gasteiger partial charge in [-0.3, -0.25) is 0 Å². The van der Waals surface area contributed by atoms with Crippen LogP contribution in [0.3, 0.4) is 0 Å². The predicted octanol–water partition coefficient (Wildman–Crippen LogP) is 3.76. The van der Waals surface area contributed by atoms with Crippen molar-refractivity contribution in [3.63, 3.8) is 0 Å². The summed E-state index contributed by atoms with van der Waals surface area (Å²) in [6, 6.07) is 8.49. The van der Waals surface area contributed by atoms with Gasteiger partial charge in [0, 0.05) is 6.54 Å². The van der Waals surface area contributed by atoms with E-state index in [0.717, 1.165) is 31.2 Å². The van der Waals surface area contributed by atoms with E-state index in [9.17, 15) is 0 Å². The minimum Gasteiger partial charge on any atom is -0.494 e. The first-order chi connectivity index (χ1) is 8.88. The molecule has 1 N–H and O–H groups in total. The van der Waals surface area contributed by atoms with Crippen LogP contribution in [0.15, 0.2) is 24.3 Å². The molecule has 2 heteroatoms. The molecule has 2 nitrogen and oxygen atoms in total. The summed E-state index contributed by atoms with van der Waals surface area (Å²) in [4.78, 5) is 0. The van der Waals surface area contributed by atoms with E-state index in [4.69, 9.17) is 4.74 Å². The molecular weight excluding hydrogens is 222 g/mol. The van der Waals surface area contributed by atoms with Gasteiger partial charge in [0.05, 0.1) is 6.61 Å². The van der Waals surface area contributed by atoms with Crippen molar-refractivity contribution < 1.29 is 4.74 Å². The lowest BCUT2D eigenvalue weighted by atomic mass is 10.2. The maximum atomic E-state index is 5.70. The number of unbranched alkanes of at least 4 members (excludes halogenated alkanes) is 2. The Morgan fingerprint density at radius 3 is 2.61 bits per heavy atom. The molecule has 0 radical (unpaired) electrons. The zero-order valence-electron chi connectivity index (χ0n) is 11.5. The van der Waals surface area contributed by atoms with Crippen LogP contribution in [0, 0.1) is 5.92 Å². The smallest absolute Gasteiger partial charge is 0.119 e. The fourth-order valence-corrected chi connectivity index (χ4v) is 1.99. The van der Waals surface area contributed by atoms with Crippen LogP contribution in [0.1, 0.15) is 44.6 Å². The highest BCUT2D eigenvalue weighted by atomic mass is 16.5. The van der Waals surface area contributed by atoms with E-state index in [0.29, 0.717) is 0 Å². The van der Waals surface area contributed by atoms with Crippen molar-refractivity contribution in [2.24, 2.45) is 5.92 Å². The predicted molar refractivity (Wildman–Crippen MR) is 75.9 cm³/mol. The van der Waals surface area contributed by atoms with E-state index in [1.807, 2.05) is 0 Å². The van der Waals surface area contributed by atoms with Crippen molar-refractivity contribution in [1.82, 2.24) is 5.32 Å². The monoisotopic (exact) mass is 247 g/mol. The Kier molecular flexibility index (Phi) is 5.53. The summed E-state index contributed by atoms with van der Waals surface area (Å²) in [7, 11) is 0. The van der Waals surface area contributed by atoms with Gasteiger partial charge in [0.15, 0.2) is 0 Å². The maximum Gasteiger partial charge on any atom is 0.119 e. The Bertz CT molecular complexity index is 329. The summed E-state index contributed by atoms with van der Waals surface area (Å²) in [5.74, 6) is 1.95. The molecule has 18 heavy (non-hydrogen) atoms. The molecule has 100 valence electrons. The third kappa shape index (κ3) is 5.09. The van der Waals surface area contributed by atoms with Gasteiger partial charge in [0.25, 0.3) is 0 Å². The summed E-state index contributed by atoms with van der Waals surface area (Å²) < 4.78 is 5.70. The lowest BCUT2D eigenvalue weighted by molar-refractivity contribution is 0.306. The highest BCUT2D eigenvalue weighted by Gasteiger charge is 2.19. The molecule has 0 saturated heterocycles. The van der Waals surface area contributed by atoms with Crippen molar-refractivity contribution >= 4 is 0 Å². The van der Waals surface area contributed by atoms with Gasteiger partial charge in [-0.1, -0.05) is 31.9 Å². The second kappa shape index (κ2) is 7.42. The van der Waals surface area contributed by atoms with Crippen molar-refractivity contribution in [2.45, 2.75) is 45.6 Å². The number of rotatable bonds is 9. The Hall–Kier alpha value is -1.02. The van der Waals surface area contributed by atoms with Crippen LogP contribution in [0.4, 0.5) is 0 Å². The topological polar surface area (TPSA) is 21.3 Å². The van der Waals surface area contributed by atoms with Crippen LogP contribution in [0.2, 0.25) is 0 Å². The zero-order chi connectivity index (χ0) is 12.6. The molecule has 1 aliphatic carbocycles. The van der Waals surface area contributed by atoms with Crippen LogP contribution < -0.4 is 10.1 Å². The molecular formula is C16H25NO. The maximum absolute atomic E-state index is 5.70. The van der Waals surface area contributed by atoms with Crippen molar-refractivity contribution in [1.29, 1.82) is 0 Å². The van der Waals surface area contributed by atoms with Gasteiger partial charge in [0.2, 0.25) is 0 Å². The molecule has 0 bridgehead atoms. The van der Waals surface area contributed by atoms with Crippen LogP contribution in [-0.2, 0) is 6.54 Å². The zero-order valence-corrected chi connectivity index (χ0v) is 11.5. The molecule has 0 atom stereocenters. The van der Waals surface area contributed by atoms with E-state index in [-0.39, 0.29) is 0 Å². The summed E-state index contributed by atoms with van der Waals surface area (Å²) in [5, 5.41) is 3.50. The van der Waals surface area contributed by atoms with Gasteiger partial charge >= 0.3 is 0 Å². The summed E-state index contributed by atoms with van der Waals surface area (Å²) in [6.07, 6.45) is 6.48. The molecule has 0 heterocycles. The van der Waals surface area contributed by atoms with Crippen LogP contribution >= 0.6 is 0 Å². The number of nitrogens with one attached hydrogen (secondary N) is 1. The van der Waals surface area contributed by atoms with Crippen LogP contribution in [0.5, 0.6) is 5.75 Å². The lowest BCUT2D eigenvalue weighted by Gasteiger charge is -2.07. The number of ether oxygens (including phenoxy) is 1. The lowest BCUT2D eigenvalue weighted by Crippen LogP contribution is -2.15. The molecule has 1 aromatic carbocycles. The van der Waals surface area contributed by atoms with Gasteiger partial charge in [0.1, 0.15) is 5.75 Å². The molecule has 1 fully saturated rings. The van der Waals surface area contributed by atoms with Crippen LogP contribution in [0.25, 0.3) is 0 Å². The summed E-state index contributed by atoms with van der Waals surface area (Å²) >= 11 is 0.